The van der Waals surface area contributed by atoms with E-state index in [-0.39, 0.29) is 23.6 Å². The largest absolute Gasteiger partial charge is 0.292 e. The summed E-state index contributed by atoms with van der Waals surface area (Å²) in [5.41, 5.74) is 0.823. The molecule has 3 aliphatic rings. The molecule has 2 aromatic rings. The van der Waals surface area contributed by atoms with Crippen molar-refractivity contribution in [2.45, 2.75) is 24.9 Å². The molecule has 0 bridgehead atoms. The molecule has 4 atom stereocenters. The van der Waals surface area contributed by atoms with Crippen LogP contribution >= 0.6 is 11.6 Å². The van der Waals surface area contributed by atoms with E-state index in [0.717, 1.165) is 17.7 Å². The summed E-state index contributed by atoms with van der Waals surface area (Å²) in [5.74, 6) is -2.55. The van der Waals surface area contributed by atoms with Gasteiger partial charge in [0.2, 0.25) is 11.8 Å². The molecule has 3 saturated heterocycles. The van der Waals surface area contributed by atoms with Gasteiger partial charge in [-0.1, -0.05) is 11.6 Å². The van der Waals surface area contributed by atoms with E-state index in [0.29, 0.717) is 22.8 Å². The van der Waals surface area contributed by atoms with E-state index >= 15 is 0 Å². The Morgan fingerprint density at radius 1 is 0.966 bits per heavy atom. The number of carbonyl (C=O) groups excluding carboxylic acids is 3. The molecule has 7 heteroatoms. The highest BCUT2D eigenvalue weighted by Crippen LogP contribution is 2.48. The fourth-order valence-electron chi connectivity index (χ4n) is 5.14. The van der Waals surface area contributed by atoms with Gasteiger partial charge in [-0.3, -0.25) is 19.3 Å². The Hall–Kier alpha value is -2.57. The van der Waals surface area contributed by atoms with Crippen molar-refractivity contribution in [1.29, 1.82) is 0 Å². The minimum Gasteiger partial charge on any atom is -0.292 e. The number of carbonyl (C=O) groups is 3. The number of amides is 2. The molecule has 0 spiro atoms. The van der Waals surface area contributed by atoms with Gasteiger partial charge >= 0.3 is 0 Å². The molecule has 5 rings (SSSR count). The quantitative estimate of drug-likeness (QED) is 0.573. The molecule has 148 valence electrons. The number of halogens is 2. The maximum absolute atomic E-state index is 13.4. The van der Waals surface area contributed by atoms with Crippen LogP contribution in [0, 0.1) is 17.7 Å². The molecule has 0 unspecified atom stereocenters. The van der Waals surface area contributed by atoms with E-state index in [2.05, 4.69) is 0 Å². The number of nitrogens with zero attached hydrogens (tertiary/aromatic N) is 2. The normalized spacial score (nSPS) is 28.7. The van der Waals surface area contributed by atoms with Crippen LogP contribution in [0.1, 0.15) is 23.2 Å². The van der Waals surface area contributed by atoms with E-state index in [4.69, 9.17) is 11.6 Å². The molecule has 0 radical (unpaired) electrons. The molecule has 29 heavy (non-hydrogen) atoms. The van der Waals surface area contributed by atoms with Crippen LogP contribution in [0.3, 0.4) is 0 Å². The van der Waals surface area contributed by atoms with Gasteiger partial charge in [-0.2, -0.15) is 0 Å². The minimum atomic E-state index is -0.721. The summed E-state index contributed by atoms with van der Waals surface area (Å²) in [7, 11) is 0. The molecule has 0 aliphatic carbocycles. The lowest BCUT2D eigenvalue weighted by molar-refractivity contribution is -0.123. The SMILES string of the molecule is O=C(c1ccc(Cl)cc1)[C@@H]1[C@@H]2C(=O)N(c3ccc(F)cc3)C(=O)[C@@H]2[C@@H]2CCCN12. The van der Waals surface area contributed by atoms with Crippen LogP contribution in [-0.4, -0.2) is 41.1 Å². The van der Waals surface area contributed by atoms with E-state index in [1.54, 1.807) is 24.3 Å². The zero-order valence-corrected chi connectivity index (χ0v) is 16.2. The van der Waals surface area contributed by atoms with E-state index in [1.165, 1.54) is 24.3 Å². The van der Waals surface area contributed by atoms with Crippen molar-refractivity contribution < 1.29 is 18.8 Å². The number of benzene rings is 2. The van der Waals surface area contributed by atoms with Crippen molar-refractivity contribution in [3.63, 3.8) is 0 Å². The second-order valence-corrected chi connectivity index (χ2v) is 8.24. The summed E-state index contributed by atoms with van der Waals surface area (Å²) in [6, 6.07) is 11.1. The minimum absolute atomic E-state index is 0.122. The van der Waals surface area contributed by atoms with Crippen molar-refractivity contribution in [2.24, 2.45) is 11.8 Å². The third kappa shape index (κ3) is 2.74. The molecule has 3 aliphatic heterocycles. The molecular formula is C22H18ClFN2O3. The van der Waals surface area contributed by atoms with Crippen LogP contribution in [-0.2, 0) is 9.59 Å². The Labute approximate surface area is 172 Å². The fraction of sp³-hybridized carbons (Fsp3) is 0.318. The van der Waals surface area contributed by atoms with E-state index < -0.39 is 23.7 Å². The molecule has 0 N–H and O–H groups in total. The highest BCUT2D eigenvalue weighted by Gasteiger charge is 2.64. The number of hydrogen-bond donors (Lipinski definition) is 0. The van der Waals surface area contributed by atoms with Crippen LogP contribution in [0.4, 0.5) is 10.1 Å². The van der Waals surface area contributed by atoms with Crippen molar-refractivity contribution in [2.75, 3.05) is 11.4 Å². The summed E-state index contributed by atoms with van der Waals surface area (Å²) in [6.45, 7) is 0.693. The molecule has 3 fully saturated rings. The van der Waals surface area contributed by atoms with Gasteiger partial charge in [0.05, 0.1) is 23.6 Å². The second kappa shape index (κ2) is 6.75. The Morgan fingerprint density at radius 2 is 1.62 bits per heavy atom. The molecule has 0 saturated carbocycles. The summed E-state index contributed by atoms with van der Waals surface area (Å²) < 4.78 is 13.3. The lowest BCUT2D eigenvalue weighted by Crippen LogP contribution is -2.46. The third-order valence-corrected chi connectivity index (χ3v) is 6.59. The highest BCUT2D eigenvalue weighted by atomic mass is 35.5. The maximum Gasteiger partial charge on any atom is 0.239 e. The molecule has 0 aromatic heterocycles. The number of imide groups is 1. The van der Waals surface area contributed by atoms with Gasteiger partial charge in [0.1, 0.15) is 5.82 Å². The van der Waals surface area contributed by atoms with Crippen LogP contribution in [0.25, 0.3) is 0 Å². The lowest BCUT2D eigenvalue weighted by Gasteiger charge is -2.27. The van der Waals surface area contributed by atoms with Gasteiger partial charge in [-0.05, 0) is 67.9 Å². The first kappa shape index (κ1) is 18.5. The monoisotopic (exact) mass is 412 g/mol. The number of rotatable bonds is 3. The zero-order valence-electron chi connectivity index (χ0n) is 15.4. The maximum atomic E-state index is 13.4. The number of ketones is 1. The predicted octanol–water partition coefficient (Wildman–Crippen LogP) is 3.31. The molecule has 2 amide bonds. The van der Waals surface area contributed by atoms with Crippen LogP contribution in [0.2, 0.25) is 5.02 Å². The van der Waals surface area contributed by atoms with Crippen molar-refractivity contribution in [3.05, 3.63) is 64.9 Å². The third-order valence-electron chi connectivity index (χ3n) is 6.33. The average Bonchev–Trinajstić information content (AvgIpc) is 3.35. The first-order valence-electron chi connectivity index (χ1n) is 9.66. The fourth-order valence-corrected chi connectivity index (χ4v) is 5.27. The molecule has 2 aromatic carbocycles. The van der Waals surface area contributed by atoms with Gasteiger partial charge in [0, 0.05) is 16.6 Å². The molecule has 5 nitrogen and oxygen atoms in total. The summed E-state index contributed by atoms with van der Waals surface area (Å²) in [4.78, 5) is 43.1. The lowest BCUT2D eigenvalue weighted by atomic mass is 9.85. The highest BCUT2D eigenvalue weighted by molar-refractivity contribution is 6.30. The van der Waals surface area contributed by atoms with E-state index in [1.807, 2.05) is 4.90 Å². The van der Waals surface area contributed by atoms with Gasteiger partial charge in [0.15, 0.2) is 5.78 Å². The number of hydrogen-bond acceptors (Lipinski definition) is 4. The zero-order chi connectivity index (χ0) is 20.3. The topological polar surface area (TPSA) is 57.7 Å². The number of anilines is 1. The van der Waals surface area contributed by atoms with E-state index in [9.17, 15) is 18.8 Å². The van der Waals surface area contributed by atoms with Crippen molar-refractivity contribution >= 4 is 34.9 Å². The van der Waals surface area contributed by atoms with Crippen molar-refractivity contribution in [3.8, 4) is 0 Å². The second-order valence-electron chi connectivity index (χ2n) is 7.80. The van der Waals surface area contributed by atoms with Crippen LogP contribution in [0.5, 0.6) is 0 Å². The summed E-state index contributed by atoms with van der Waals surface area (Å²) in [6.07, 6.45) is 1.66. The van der Waals surface area contributed by atoms with Gasteiger partial charge in [0.25, 0.3) is 0 Å². The Bertz CT molecular complexity index is 1010. The Morgan fingerprint density at radius 3 is 2.31 bits per heavy atom. The molecule has 3 heterocycles. The van der Waals surface area contributed by atoms with Gasteiger partial charge in [-0.15, -0.1) is 0 Å². The van der Waals surface area contributed by atoms with Crippen LogP contribution < -0.4 is 4.90 Å². The number of Topliss-reactive ketones (excluding diaryl/α,β-unsaturated/α-hetero) is 1. The van der Waals surface area contributed by atoms with Crippen LogP contribution in [0.15, 0.2) is 48.5 Å². The average molecular weight is 413 g/mol. The van der Waals surface area contributed by atoms with Gasteiger partial charge in [-0.25, -0.2) is 9.29 Å². The summed E-state index contributed by atoms with van der Waals surface area (Å²) >= 11 is 5.94. The van der Waals surface area contributed by atoms with Crippen molar-refractivity contribution in [1.82, 2.24) is 4.90 Å². The molecular weight excluding hydrogens is 395 g/mol. The predicted molar refractivity (Wildman–Crippen MR) is 105 cm³/mol. The first-order valence-corrected chi connectivity index (χ1v) is 10.0. The first-order chi connectivity index (χ1) is 14.0. The standard InChI is InChI=1S/C22H18ClFN2O3/c23-13-5-3-12(4-6-13)20(27)19-18-17(16-2-1-11-25(16)19)21(28)26(22(18)29)15-9-7-14(24)8-10-15/h3-10,16-19H,1-2,11H2/t16-,17+,18+,19-/m0/s1. The summed E-state index contributed by atoms with van der Waals surface area (Å²) in [5, 5.41) is 0.527. The Kier molecular flexibility index (Phi) is 4.29. The smallest absolute Gasteiger partial charge is 0.239 e. The number of fused-ring (bicyclic) bond motifs is 3. The van der Waals surface area contributed by atoms with Gasteiger partial charge < -0.3 is 0 Å². The Balaban J connectivity index is 1.54.